The Kier molecular flexibility index (Phi) is 6.52. The summed E-state index contributed by atoms with van der Waals surface area (Å²) < 4.78 is 5.05. The predicted molar refractivity (Wildman–Crippen MR) is 89.1 cm³/mol. The third-order valence-electron chi connectivity index (χ3n) is 3.98. The number of ether oxygens (including phenoxy) is 1. The monoisotopic (exact) mass is 305 g/mol. The summed E-state index contributed by atoms with van der Waals surface area (Å²) in [4.78, 5) is 14.2. The van der Waals surface area contributed by atoms with Gasteiger partial charge in [0.1, 0.15) is 0 Å². The highest BCUT2D eigenvalue weighted by Gasteiger charge is 2.24. The summed E-state index contributed by atoms with van der Waals surface area (Å²) in [5, 5.41) is 6.56. The number of piperidine rings is 1. The van der Waals surface area contributed by atoms with Crippen LogP contribution in [0.4, 0.5) is 10.5 Å². The number of amides is 2. The minimum Gasteiger partial charge on any atom is -0.385 e. The lowest BCUT2D eigenvalue weighted by atomic mass is 10.1. The molecule has 0 unspecified atom stereocenters. The van der Waals surface area contributed by atoms with Crippen molar-refractivity contribution >= 4 is 11.7 Å². The van der Waals surface area contributed by atoms with E-state index in [1.54, 1.807) is 7.11 Å². The summed E-state index contributed by atoms with van der Waals surface area (Å²) in [6.45, 7) is 4.26. The first-order valence-corrected chi connectivity index (χ1v) is 8.05. The molecule has 0 saturated carbocycles. The number of nitrogens with zero attached hydrogens (tertiary/aromatic N) is 1. The topological polar surface area (TPSA) is 53.6 Å². The molecular formula is C17H27N3O2. The number of carbonyl (C=O) groups excluding carboxylic acids is 1. The van der Waals surface area contributed by atoms with Crippen LogP contribution in [0, 0.1) is 0 Å². The van der Waals surface area contributed by atoms with E-state index in [0.29, 0.717) is 12.6 Å². The summed E-state index contributed by atoms with van der Waals surface area (Å²) in [6, 6.07) is 10.7. The lowest BCUT2D eigenvalue weighted by Gasteiger charge is -2.34. The number of carbonyl (C=O) groups is 1. The molecule has 2 rings (SSSR count). The Morgan fingerprint density at radius 2 is 2.18 bits per heavy atom. The molecule has 1 heterocycles. The molecule has 0 radical (unpaired) electrons. The molecule has 1 saturated heterocycles. The van der Waals surface area contributed by atoms with Crippen LogP contribution in [0.3, 0.4) is 0 Å². The normalized spacial score (nSPS) is 19.5. The van der Waals surface area contributed by atoms with E-state index in [1.165, 1.54) is 0 Å². The maximum absolute atomic E-state index is 12.3. The van der Waals surface area contributed by atoms with E-state index in [4.69, 9.17) is 4.74 Å². The second-order valence-corrected chi connectivity index (χ2v) is 5.93. The third kappa shape index (κ3) is 5.22. The number of hydrogen-bond acceptors (Lipinski definition) is 3. The van der Waals surface area contributed by atoms with Crippen LogP contribution >= 0.6 is 0 Å². The van der Waals surface area contributed by atoms with Gasteiger partial charge in [-0.25, -0.2) is 4.79 Å². The zero-order valence-electron chi connectivity index (χ0n) is 13.5. The van der Waals surface area contributed by atoms with E-state index < -0.39 is 0 Å². The lowest BCUT2D eigenvalue weighted by molar-refractivity contribution is 0.167. The summed E-state index contributed by atoms with van der Waals surface area (Å²) in [5.74, 6) is 0. The van der Waals surface area contributed by atoms with Gasteiger partial charge in [0.15, 0.2) is 0 Å². The van der Waals surface area contributed by atoms with Crippen LogP contribution in [-0.4, -0.2) is 49.8 Å². The Balaban J connectivity index is 1.81. The zero-order chi connectivity index (χ0) is 15.8. The highest BCUT2D eigenvalue weighted by Crippen LogP contribution is 2.16. The molecule has 2 atom stereocenters. The highest BCUT2D eigenvalue weighted by atomic mass is 16.5. The van der Waals surface area contributed by atoms with Crippen molar-refractivity contribution in [3.63, 3.8) is 0 Å². The van der Waals surface area contributed by atoms with Gasteiger partial charge < -0.3 is 20.3 Å². The number of likely N-dealkylation sites (tertiary alicyclic amines) is 1. The Morgan fingerprint density at radius 1 is 1.41 bits per heavy atom. The number of rotatable bonds is 6. The van der Waals surface area contributed by atoms with Crippen molar-refractivity contribution in [2.75, 3.05) is 32.1 Å². The van der Waals surface area contributed by atoms with Crippen molar-refractivity contribution in [1.29, 1.82) is 0 Å². The largest absolute Gasteiger partial charge is 0.385 e. The van der Waals surface area contributed by atoms with Gasteiger partial charge in [0.2, 0.25) is 0 Å². The fourth-order valence-corrected chi connectivity index (χ4v) is 2.72. The Morgan fingerprint density at radius 3 is 2.91 bits per heavy atom. The van der Waals surface area contributed by atoms with Gasteiger partial charge in [-0.2, -0.15) is 0 Å². The molecule has 5 heteroatoms. The van der Waals surface area contributed by atoms with Gasteiger partial charge in [-0.3, -0.25) is 0 Å². The van der Waals surface area contributed by atoms with Crippen molar-refractivity contribution < 1.29 is 9.53 Å². The standard InChI is InChI=1S/C17H27N3O2/c1-14(10-12-22-2)18-17(21)20-11-6-9-16(13-20)19-15-7-4-3-5-8-15/h3-5,7-8,14,16,19H,6,9-13H2,1-2H3,(H,18,21)/t14-,16-/m1/s1. The summed E-state index contributed by atoms with van der Waals surface area (Å²) in [6.07, 6.45) is 2.96. The quantitative estimate of drug-likeness (QED) is 0.849. The molecule has 122 valence electrons. The molecule has 1 aliphatic heterocycles. The van der Waals surface area contributed by atoms with Gasteiger partial charge in [0, 0.05) is 44.6 Å². The van der Waals surface area contributed by atoms with Crippen molar-refractivity contribution in [2.45, 2.75) is 38.3 Å². The maximum atomic E-state index is 12.3. The van der Waals surface area contributed by atoms with Crippen LogP contribution in [0.15, 0.2) is 30.3 Å². The number of nitrogens with one attached hydrogen (secondary N) is 2. The smallest absolute Gasteiger partial charge is 0.317 e. The average molecular weight is 305 g/mol. The van der Waals surface area contributed by atoms with Crippen LogP contribution in [-0.2, 0) is 4.74 Å². The maximum Gasteiger partial charge on any atom is 0.317 e. The molecule has 5 nitrogen and oxygen atoms in total. The first-order valence-electron chi connectivity index (χ1n) is 8.05. The molecule has 1 aromatic rings. The molecule has 0 aromatic heterocycles. The third-order valence-corrected chi connectivity index (χ3v) is 3.98. The first-order chi connectivity index (χ1) is 10.7. The molecule has 2 amide bonds. The second-order valence-electron chi connectivity index (χ2n) is 5.93. The Labute approximate surface area is 133 Å². The number of anilines is 1. The number of hydrogen-bond donors (Lipinski definition) is 2. The van der Waals surface area contributed by atoms with Gasteiger partial charge in [0.25, 0.3) is 0 Å². The number of urea groups is 1. The van der Waals surface area contributed by atoms with E-state index in [0.717, 1.165) is 38.0 Å². The SMILES string of the molecule is COCC[C@@H](C)NC(=O)N1CCC[C@@H](Nc2ccccc2)C1. The molecular weight excluding hydrogens is 278 g/mol. The van der Waals surface area contributed by atoms with E-state index in [1.807, 2.05) is 30.0 Å². The van der Waals surface area contributed by atoms with Gasteiger partial charge in [-0.05, 0) is 38.3 Å². The molecule has 0 spiro atoms. The number of methoxy groups -OCH3 is 1. The highest BCUT2D eigenvalue weighted by molar-refractivity contribution is 5.74. The summed E-state index contributed by atoms with van der Waals surface area (Å²) in [7, 11) is 1.68. The van der Waals surface area contributed by atoms with E-state index in [9.17, 15) is 4.79 Å². The van der Waals surface area contributed by atoms with E-state index in [-0.39, 0.29) is 12.1 Å². The molecule has 1 aliphatic rings. The van der Waals surface area contributed by atoms with E-state index >= 15 is 0 Å². The van der Waals surface area contributed by atoms with Gasteiger partial charge in [-0.1, -0.05) is 18.2 Å². The minimum atomic E-state index is 0.0307. The Hall–Kier alpha value is -1.75. The lowest BCUT2D eigenvalue weighted by Crippen LogP contribution is -2.51. The summed E-state index contributed by atoms with van der Waals surface area (Å²) in [5.41, 5.74) is 1.11. The number of para-hydroxylation sites is 1. The van der Waals surface area contributed by atoms with Gasteiger partial charge in [0.05, 0.1) is 0 Å². The molecule has 22 heavy (non-hydrogen) atoms. The van der Waals surface area contributed by atoms with Crippen LogP contribution in [0.2, 0.25) is 0 Å². The minimum absolute atomic E-state index is 0.0307. The van der Waals surface area contributed by atoms with Crippen LogP contribution in [0.1, 0.15) is 26.2 Å². The van der Waals surface area contributed by atoms with Gasteiger partial charge in [-0.15, -0.1) is 0 Å². The van der Waals surface area contributed by atoms with E-state index in [2.05, 4.69) is 22.8 Å². The molecule has 1 fully saturated rings. The first kappa shape index (κ1) is 16.6. The van der Waals surface area contributed by atoms with Crippen LogP contribution in [0.25, 0.3) is 0 Å². The van der Waals surface area contributed by atoms with Crippen molar-refractivity contribution in [3.8, 4) is 0 Å². The number of benzene rings is 1. The van der Waals surface area contributed by atoms with Crippen molar-refractivity contribution in [3.05, 3.63) is 30.3 Å². The fraction of sp³-hybridized carbons (Fsp3) is 0.588. The molecule has 2 N–H and O–H groups in total. The predicted octanol–water partition coefficient (Wildman–Crippen LogP) is 2.70. The van der Waals surface area contributed by atoms with Crippen LogP contribution in [0.5, 0.6) is 0 Å². The molecule has 1 aromatic carbocycles. The van der Waals surface area contributed by atoms with Crippen molar-refractivity contribution in [1.82, 2.24) is 10.2 Å². The molecule has 0 aliphatic carbocycles. The molecule has 0 bridgehead atoms. The van der Waals surface area contributed by atoms with Gasteiger partial charge >= 0.3 is 6.03 Å². The zero-order valence-corrected chi connectivity index (χ0v) is 13.5. The van der Waals surface area contributed by atoms with Crippen molar-refractivity contribution in [2.24, 2.45) is 0 Å². The van der Waals surface area contributed by atoms with Crippen LogP contribution < -0.4 is 10.6 Å². The fourth-order valence-electron chi connectivity index (χ4n) is 2.72. The Bertz CT molecular complexity index is 452. The summed E-state index contributed by atoms with van der Waals surface area (Å²) >= 11 is 0. The second kappa shape index (κ2) is 8.63. The average Bonchev–Trinajstić information content (AvgIpc) is 2.54.